The lowest BCUT2D eigenvalue weighted by Gasteiger charge is -2.32. The number of hydrogen-bond acceptors (Lipinski definition) is 4. The lowest BCUT2D eigenvalue weighted by molar-refractivity contribution is -0.132. The number of hydrogen-bond donors (Lipinski definition) is 4. The van der Waals surface area contributed by atoms with Crippen LogP contribution in [0.15, 0.2) is 12.2 Å². The topological polar surface area (TPSA) is 73.4 Å². The van der Waals surface area contributed by atoms with E-state index in [-0.39, 0.29) is 5.57 Å². The third-order valence-electron chi connectivity index (χ3n) is 2.38. The lowest BCUT2D eigenvalue weighted by Crippen LogP contribution is -2.63. The summed E-state index contributed by atoms with van der Waals surface area (Å²) in [5.74, 6) is -1.37. The number of aliphatic carboxylic acids is 1. The average Bonchev–Trinajstić information content (AvgIpc) is 2.20. The molecule has 0 unspecified atom stereocenters. The van der Waals surface area contributed by atoms with Crippen molar-refractivity contribution in [2.75, 3.05) is 21.1 Å². The zero-order valence-electron chi connectivity index (χ0n) is 8.98. The fourth-order valence-corrected chi connectivity index (χ4v) is 1.20. The quantitative estimate of drug-likeness (QED) is 0.337. The van der Waals surface area contributed by atoms with Gasteiger partial charge in [0.2, 0.25) is 0 Å². The summed E-state index contributed by atoms with van der Waals surface area (Å²) in [4.78, 5) is 10.5. The predicted molar refractivity (Wildman–Crippen MR) is 55.9 cm³/mol. The van der Waals surface area contributed by atoms with Crippen molar-refractivity contribution in [1.82, 2.24) is 16.0 Å². The first-order chi connectivity index (χ1) is 6.51. The molecular formula is C9H19N3O2. The molecule has 0 amide bonds. The van der Waals surface area contributed by atoms with Gasteiger partial charge in [0.25, 0.3) is 0 Å². The minimum Gasteiger partial charge on any atom is -0.478 e. The van der Waals surface area contributed by atoms with E-state index in [0.29, 0.717) is 12.8 Å². The zero-order chi connectivity index (χ0) is 11.2. The average molecular weight is 201 g/mol. The monoisotopic (exact) mass is 201 g/mol. The molecule has 14 heavy (non-hydrogen) atoms. The van der Waals surface area contributed by atoms with Crippen LogP contribution in [0.5, 0.6) is 0 Å². The second-order valence-corrected chi connectivity index (χ2v) is 3.06. The Bertz CT molecular complexity index is 204. The number of carboxylic acids is 1. The van der Waals surface area contributed by atoms with Crippen molar-refractivity contribution >= 4 is 5.97 Å². The first-order valence-electron chi connectivity index (χ1n) is 4.49. The van der Waals surface area contributed by atoms with Crippen molar-refractivity contribution in [1.29, 1.82) is 0 Å². The largest absolute Gasteiger partial charge is 0.478 e. The summed E-state index contributed by atoms with van der Waals surface area (Å²) in [6, 6.07) is 0. The molecule has 0 aromatic heterocycles. The van der Waals surface area contributed by atoms with Crippen LogP contribution in [0, 0.1) is 0 Å². The van der Waals surface area contributed by atoms with E-state index in [1.165, 1.54) is 0 Å². The van der Waals surface area contributed by atoms with Gasteiger partial charge in [-0.05, 0) is 34.0 Å². The number of carboxylic acid groups (broad SMARTS) is 1. The summed E-state index contributed by atoms with van der Waals surface area (Å²) in [5.41, 5.74) is 0.218. The van der Waals surface area contributed by atoms with Crippen LogP contribution in [0.1, 0.15) is 12.8 Å². The van der Waals surface area contributed by atoms with Crippen LogP contribution in [-0.2, 0) is 4.79 Å². The predicted octanol–water partition coefficient (Wildman–Crippen LogP) is -0.281. The van der Waals surface area contributed by atoms with Crippen LogP contribution in [0.3, 0.4) is 0 Å². The Labute approximate surface area is 84.6 Å². The Kier molecular flexibility index (Phi) is 5.37. The highest BCUT2D eigenvalue weighted by atomic mass is 16.4. The van der Waals surface area contributed by atoms with E-state index in [0.717, 1.165) is 0 Å². The molecule has 0 heterocycles. The summed E-state index contributed by atoms with van der Waals surface area (Å²) >= 11 is 0. The molecule has 0 aromatic carbocycles. The van der Waals surface area contributed by atoms with E-state index in [2.05, 4.69) is 22.5 Å². The number of nitrogens with one attached hydrogen (secondary N) is 3. The van der Waals surface area contributed by atoms with Crippen molar-refractivity contribution in [2.45, 2.75) is 18.6 Å². The van der Waals surface area contributed by atoms with Crippen LogP contribution in [0.4, 0.5) is 0 Å². The third kappa shape index (κ3) is 3.45. The second kappa shape index (κ2) is 5.74. The molecule has 82 valence electrons. The molecule has 0 aliphatic heterocycles. The zero-order valence-corrected chi connectivity index (χ0v) is 8.98. The maximum Gasteiger partial charge on any atom is 0.330 e. The molecule has 0 fully saturated rings. The maximum atomic E-state index is 10.5. The second-order valence-electron chi connectivity index (χ2n) is 3.06. The Balaban J connectivity index is 4.19. The normalized spacial score (nSPS) is 11.4. The van der Waals surface area contributed by atoms with Crippen molar-refractivity contribution < 1.29 is 9.90 Å². The van der Waals surface area contributed by atoms with Gasteiger partial charge in [0.1, 0.15) is 5.79 Å². The fourth-order valence-electron chi connectivity index (χ4n) is 1.20. The van der Waals surface area contributed by atoms with Gasteiger partial charge in [0.05, 0.1) is 0 Å². The minimum atomic E-state index is -0.942. The molecule has 5 heteroatoms. The first-order valence-corrected chi connectivity index (χ1v) is 4.49. The van der Waals surface area contributed by atoms with Gasteiger partial charge in [0.15, 0.2) is 0 Å². The van der Waals surface area contributed by atoms with Crippen LogP contribution in [0.2, 0.25) is 0 Å². The molecule has 0 aliphatic carbocycles. The molecule has 0 spiro atoms. The third-order valence-corrected chi connectivity index (χ3v) is 2.38. The molecule has 0 bridgehead atoms. The van der Waals surface area contributed by atoms with Gasteiger partial charge < -0.3 is 5.11 Å². The summed E-state index contributed by atoms with van der Waals surface area (Å²) in [6.45, 7) is 3.48. The van der Waals surface area contributed by atoms with Gasteiger partial charge in [-0.2, -0.15) is 0 Å². The molecule has 0 aliphatic rings. The number of carbonyl (C=O) groups is 1. The highest BCUT2D eigenvalue weighted by molar-refractivity contribution is 5.85. The molecule has 0 atom stereocenters. The van der Waals surface area contributed by atoms with Gasteiger partial charge in [-0.1, -0.05) is 6.58 Å². The Morgan fingerprint density at radius 2 is 1.71 bits per heavy atom. The molecule has 0 saturated heterocycles. The van der Waals surface area contributed by atoms with Crippen LogP contribution in [0.25, 0.3) is 0 Å². The van der Waals surface area contributed by atoms with E-state index < -0.39 is 11.8 Å². The van der Waals surface area contributed by atoms with E-state index >= 15 is 0 Å². The van der Waals surface area contributed by atoms with Crippen molar-refractivity contribution in [3.8, 4) is 0 Å². The lowest BCUT2D eigenvalue weighted by atomic mass is 10.1. The summed E-state index contributed by atoms with van der Waals surface area (Å²) in [7, 11) is 5.41. The Morgan fingerprint density at radius 3 is 2.00 bits per heavy atom. The minimum absolute atomic E-state index is 0.218. The van der Waals surface area contributed by atoms with E-state index in [1.54, 1.807) is 21.1 Å². The smallest absolute Gasteiger partial charge is 0.330 e. The standard InChI is InChI=1S/C9H19N3O2/c1-7(8(13)14)5-6-9(10-2,11-3)12-4/h10-12H,1,5-6H2,2-4H3,(H,13,14). The summed E-state index contributed by atoms with van der Waals surface area (Å²) in [6.07, 6.45) is 1.04. The van der Waals surface area contributed by atoms with Gasteiger partial charge in [-0.25, -0.2) is 4.79 Å². The summed E-state index contributed by atoms with van der Waals surface area (Å²) in [5, 5.41) is 17.8. The van der Waals surface area contributed by atoms with Gasteiger partial charge >= 0.3 is 5.97 Å². The van der Waals surface area contributed by atoms with Crippen LogP contribution >= 0.6 is 0 Å². The molecule has 0 radical (unpaired) electrons. The van der Waals surface area contributed by atoms with E-state index in [1.807, 2.05) is 0 Å². The van der Waals surface area contributed by atoms with Crippen molar-refractivity contribution in [3.63, 3.8) is 0 Å². The fraction of sp³-hybridized carbons (Fsp3) is 0.667. The molecule has 5 nitrogen and oxygen atoms in total. The van der Waals surface area contributed by atoms with Gasteiger partial charge in [-0.3, -0.25) is 16.0 Å². The molecule has 0 aromatic rings. The van der Waals surface area contributed by atoms with Crippen molar-refractivity contribution in [3.05, 3.63) is 12.2 Å². The Hall–Kier alpha value is -0.910. The molecular weight excluding hydrogens is 182 g/mol. The van der Waals surface area contributed by atoms with E-state index in [9.17, 15) is 4.79 Å². The van der Waals surface area contributed by atoms with E-state index in [4.69, 9.17) is 5.11 Å². The van der Waals surface area contributed by atoms with Gasteiger partial charge in [-0.15, -0.1) is 0 Å². The van der Waals surface area contributed by atoms with Crippen LogP contribution in [-0.4, -0.2) is 38.0 Å². The highest BCUT2D eigenvalue weighted by Crippen LogP contribution is 2.10. The SMILES string of the molecule is C=C(CCC(NC)(NC)NC)C(=O)O. The first kappa shape index (κ1) is 13.1. The Morgan fingerprint density at radius 1 is 1.29 bits per heavy atom. The number of rotatable bonds is 7. The molecule has 0 saturated carbocycles. The maximum absolute atomic E-state index is 10.5. The molecule has 0 rings (SSSR count). The summed E-state index contributed by atoms with van der Waals surface area (Å²) < 4.78 is 0. The van der Waals surface area contributed by atoms with Crippen LogP contribution < -0.4 is 16.0 Å². The molecule has 4 N–H and O–H groups in total. The van der Waals surface area contributed by atoms with Crippen molar-refractivity contribution in [2.24, 2.45) is 0 Å². The van der Waals surface area contributed by atoms with Gasteiger partial charge in [0, 0.05) is 5.57 Å². The highest BCUT2D eigenvalue weighted by Gasteiger charge is 2.23.